The van der Waals surface area contributed by atoms with Crippen molar-refractivity contribution in [3.8, 4) is 11.8 Å². The molecule has 0 spiro atoms. The van der Waals surface area contributed by atoms with Crippen LogP contribution in [-0.2, 0) is 4.74 Å². The molecule has 0 aromatic heterocycles. The number of carbonyl (C=O) groups excluding carboxylic acids is 1. The van der Waals surface area contributed by atoms with Crippen LogP contribution in [0.3, 0.4) is 0 Å². The van der Waals surface area contributed by atoms with E-state index in [4.69, 9.17) is 10.5 Å². The number of nitrogen functional groups attached to an aromatic ring is 1. The van der Waals surface area contributed by atoms with Gasteiger partial charge in [0.15, 0.2) is 0 Å². The Morgan fingerprint density at radius 1 is 1.00 bits per heavy atom. The first-order valence-electron chi connectivity index (χ1n) is 7.04. The maximum absolute atomic E-state index is 12.0. The van der Waals surface area contributed by atoms with Crippen molar-refractivity contribution < 1.29 is 9.53 Å². The number of rotatable bonds is 1. The second kappa shape index (κ2) is 6.36. The minimum Gasteiger partial charge on any atom is -0.456 e. The van der Waals surface area contributed by atoms with Gasteiger partial charge in [0.2, 0.25) is 0 Å². The fourth-order valence-electron chi connectivity index (χ4n) is 1.82. The molecule has 0 heterocycles. The molecular weight excluding hydrogens is 274 g/mol. The maximum atomic E-state index is 12.0. The third-order valence-corrected chi connectivity index (χ3v) is 2.73. The van der Waals surface area contributed by atoms with E-state index in [9.17, 15) is 4.79 Å². The Kier molecular flexibility index (Phi) is 4.53. The summed E-state index contributed by atoms with van der Waals surface area (Å²) in [5.74, 6) is 5.72. The van der Waals surface area contributed by atoms with E-state index in [0.29, 0.717) is 11.3 Å². The average Bonchev–Trinajstić information content (AvgIpc) is 2.44. The van der Waals surface area contributed by atoms with E-state index in [0.717, 1.165) is 11.1 Å². The Morgan fingerprint density at radius 3 is 2.18 bits per heavy atom. The zero-order valence-electron chi connectivity index (χ0n) is 13.0. The number of hydrogen-bond acceptors (Lipinski definition) is 3. The molecule has 0 aliphatic rings. The van der Waals surface area contributed by atoms with Gasteiger partial charge in [-0.3, -0.25) is 0 Å². The summed E-state index contributed by atoms with van der Waals surface area (Å²) in [7, 11) is 0. The van der Waals surface area contributed by atoms with Gasteiger partial charge in [-0.15, -0.1) is 0 Å². The van der Waals surface area contributed by atoms with Crippen molar-refractivity contribution in [3.63, 3.8) is 0 Å². The van der Waals surface area contributed by atoms with E-state index in [2.05, 4.69) is 11.8 Å². The molecule has 2 rings (SSSR count). The summed E-state index contributed by atoms with van der Waals surface area (Å²) < 4.78 is 5.35. The Bertz CT molecular complexity index is 746. The number of nitrogens with two attached hydrogens (primary N) is 1. The smallest absolute Gasteiger partial charge is 0.338 e. The van der Waals surface area contributed by atoms with Crippen LogP contribution in [0.1, 0.15) is 42.3 Å². The lowest BCUT2D eigenvalue weighted by molar-refractivity contribution is 0.00695. The monoisotopic (exact) mass is 293 g/mol. The van der Waals surface area contributed by atoms with E-state index < -0.39 is 5.60 Å². The number of hydrogen-bond donors (Lipinski definition) is 1. The number of anilines is 1. The largest absolute Gasteiger partial charge is 0.456 e. The Balaban J connectivity index is 2.21. The minimum absolute atomic E-state index is 0.347. The van der Waals surface area contributed by atoms with Crippen molar-refractivity contribution in [2.75, 3.05) is 5.73 Å². The standard InChI is InChI=1S/C19H19NO2/c1-19(2,3)22-18(21)16-8-4-6-14(12-16)10-11-15-7-5-9-17(20)13-15/h4-9,12-13H,20H2,1-3H3. The van der Waals surface area contributed by atoms with Crippen LogP contribution in [0, 0.1) is 11.8 Å². The molecule has 112 valence electrons. The van der Waals surface area contributed by atoms with Crippen LogP contribution >= 0.6 is 0 Å². The van der Waals surface area contributed by atoms with Gasteiger partial charge in [0.05, 0.1) is 5.56 Å². The van der Waals surface area contributed by atoms with Crippen molar-refractivity contribution in [2.24, 2.45) is 0 Å². The van der Waals surface area contributed by atoms with Gasteiger partial charge in [0.25, 0.3) is 0 Å². The maximum Gasteiger partial charge on any atom is 0.338 e. The molecule has 2 N–H and O–H groups in total. The summed E-state index contributed by atoms with van der Waals surface area (Å²) in [5.41, 5.74) is 7.97. The molecule has 22 heavy (non-hydrogen) atoms. The van der Waals surface area contributed by atoms with Gasteiger partial charge in [-0.2, -0.15) is 0 Å². The average molecular weight is 293 g/mol. The third-order valence-electron chi connectivity index (χ3n) is 2.73. The van der Waals surface area contributed by atoms with Crippen molar-refractivity contribution in [3.05, 3.63) is 65.2 Å². The summed E-state index contributed by atoms with van der Waals surface area (Å²) in [6.07, 6.45) is 0. The van der Waals surface area contributed by atoms with Crippen molar-refractivity contribution in [1.29, 1.82) is 0 Å². The summed E-state index contributed by atoms with van der Waals surface area (Å²) in [6, 6.07) is 14.5. The molecule has 0 saturated carbocycles. The number of ether oxygens (including phenoxy) is 1. The summed E-state index contributed by atoms with van der Waals surface area (Å²) in [4.78, 5) is 12.0. The van der Waals surface area contributed by atoms with Crippen LogP contribution in [0.2, 0.25) is 0 Å². The van der Waals surface area contributed by atoms with Gasteiger partial charge in [0, 0.05) is 16.8 Å². The second-order valence-electron chi connectivity index (χ2n) is 5.96. The molecule has 2 aromatic rings. The number of benzene rings is 2. The van der Waals surface area contributed by atoms with Crippen LogP contribution in [0.15, 0.2) is 48.5 Å². The van der Waals surface area contributed by atoms with Gasteiger partial charge in [-0.05, 0) is 57.2 Å². The van der Waals surface area contributed by atoms with Gasteiger partial charge >= 0.3 is 5.97 Å². The first-order chi connectivity index (χ1) is 10.3. The fraction of sp³-hybridized carbons (Fsp3) is 0.211. The predicted octanol–water partition coefficient (Wildman–Crippen LogP) is 3.62. The molecule has 0 bridgehead atoms. The fourth-order valence-corrected chi connectivity index (χ4v) is 1.82. The molecule has 3 heteroatoms. The third kappa shape index (κ3) is 4.68. The highest BCUT2D eigenvalue weighted by atomic mass is 16.6. The second-order valence-corrected chi connectivity index (χ2v) is 5.96. The van der Waals surface area contributed by atoms with Crippen LogP contribution in [0.5, 0.6) is 0 Å². The molecule has 0 saturated heterocycles. The number of esters is 1. The molecule has 0 atom stereocenters. The zero-order valence-corrected chi connectivity index (χ0v) is 13.0. The van der Waals surface area contributed by atoms with Gasteiger partial charge in [0.1, 0.15) is 5.60 Å². The first kappa shape index (κ1) is 15.7. The van der Waals surface area contributed by atoms with Crippen LogP contribution < -0.4 is 5.73 Å². The van der Waals surface area contributed by atoms with Crippen LogP contribution in [-0.4, -0.2) is 11.6 Å². The Hall–Kier alpha value is -2.73. The lowest BCUT2D eigenvalue weighted by Gasteiger charge is -2.19. The minimum atomic E-state index is -0.514. The highest BCUT2D eigenvalue weighted by Crippen LogP contribution is 2.13. The molecule has 2 aromatic carbocycles. The normalized spacial score (nSPS) is 10.5. The van der Waals surface area contributed by atoms with E-state index in [-0.39, 0.29) is 5.97 Å². The lowest BCUT2D eigenvalue weighted by Crippen LogP contribution is -2.23. The molecular formula is C19H19NO2. The molecule has 0 aliphatic carbocycles. The predicted molar refractivity (Wildman–Crippen MR) is 88.4 cm³/mol. The highest BCUT2D eigenvalue weighted by Gasteiger charge is 2.17. The van der Waals surface area contributed by atoms with Gasteiger partial charge < -0.3 is 10.5 Å². The van der Waals surface area contributed by atoms with Gasteiger partial charge in [-0.25, -0.2) is 4.79 Å². The summed E-state index contributed by atoms with van der Waals surface area (Å²) in [5, 5.41) is 0. The lowest BCUT2D eigenvalue weighted by atomic mass is 10.1. The molecule has 3 nitrogen and oxygen atoms in total. The van der Waals surface area contributed by atoms with Crippen molar-refractivity contribution in [1.82, 2.24) is 0 Å². The van der Waals surface area contributed by atoms with Crippen molar-refractivity contribution >= 4 is 11.7 Å². The van der Waals surface area contributed by atoms with E-state index in [1.54, 1.807) is 18.2 Å². The molecule has 0 unspecified atom stereocenters. The van der Waals surface area contributed by atoms with E-state index >= 15 is 0 Å². The summed E-state index contributed by atoms with van der Waals surface area (Å²) in [6.45, 7) is 5.52. The highest BCUT2D eigenvalue weighted by molar-refractivity contribution is 5.90. The molecule has 0 amide bonds. The quantitative estimate of drug-likeness (QED) is 0.496. The SMILES string of the molecule is CC(C)(C)OC(=O)c1cccc(C#Cc2cccc(N)c2)c1. The van der Waals surface area contributed by atoms with Gasteiger partial charge in [-0.1, -0.05) is 24.0 Å². The zero-order chi connectivity index (χ0) is 16.2. The van der Waals surface area contributed by atoms with Crippen molar-refractivity contribution in [2.45, 2.75) is 26.4 Å². The number of carbonyl (C=O) groups is 1. The first-order valence-corrected chi connectivity index (χ1v) is 7.04. The molecule has 0 aliphatic heterocycles. The Labute approximate surface area is 131 Å². The molecule has 0 radical (unpaired) electrons. The van der Waals surface area contributed by atoms with Crippen LogP contribution in [0.25, 0.3) is 0 Å². The summed E-state index contributed by atoms with van der Waals surface area (Å²) >= 11 is 0. The Morgan fingerprint density at radius 2 is 1.59 bits per heavy atom. The topological polar surface area (TPSA) is 52.3 Å². The molecule has 0 fully saturated rings. The van der Waals surface area contributed by atoms with Crippen LogP contribution in [0.4, 0.5) is 5.69 Å². The van der Waals surface area contributed by atoms with E-state index in [1.807, 2.05) is 51.1 Å². The van der Waals surface area contributed by atoms with E-state index in [1.165, 1.54) is 0 Å².